The van der Waals surface area contributed by atoms with E-state index in [0.717, 1.165) is 64.5 Å². The van der Waals surface area contributed by atoms with Crippen LogP contribution in [0.4, 0.5) is 0 Å². The van der Waals surface area contributed by atoms with Crippen molar-refractivity contribution in [3.63, 3.8) is 0 Å². The smallest absolute Gasteiger partial charge is 0.141 e. The van der Waals surface area contributed by atoms with E-state index in [0.29, 0.717) is 5.92 Å². The Morgan fingerprint density at radius 2 is 1.88 bits per heavy atom. The third-order valence-electron chi connectivity index (χ3n) is 4.48. The number of aromatic amines is 1. The molecule has 0 atom stereocenters. The van der Waals surface area contributed by atoms with Crippen LogP contribution in [0, 0.1) is 0 Å². The summed E-state index contributed by atoms with van der Waals surface area (Å²) in [5.41, 5.74) is 5.57. The summed E-state index contributed by atoms with van der Waals surface area (Å²) in [7, 11) is 0. The van der Waals surface area contributed by atoms with Gasteiger partial charge in [-0.3, -0.25) is 0 Å². The molecule has 0 unspecified atom stereocenters. The summed E-state index contributed by atoms with van der Waals surface area (Å²) in [6.07, 6.45) is 5.69. The molecule has 0 spiro atoms. The van der Waals surface area contributed by atoms with Crippen LogP contribution in [0.3, 0.4) is 0 Å². The van der Waals surface area contributed by atoms with E-state index in [1.54, 1.807) is 11.3 Å². The van der Waals surface area contributed by atoms with Gasteiger partial charge < -0.3 is 9.72 Å². The highest BCUT2D eigenvalue weighted by Gasteiger charge is 2.19. The van der Waals surface area contributed by atoms with Crippen molar-refractivity contribution in [1.82, 2.24) is 24.9 Å². The SMILES string of the molecule is c1nc2c(ccc3[nH]c(-c4cnc(C5CCOCC5)nc4)nc32)s1. The van der Waals surface area contributed by atoms with E-state index in [9.17, 15) is 0 Å². The second kappa shape index (κ2) is 5.61. The van der Waals surface area contributed by atoms with Gasteiger partial charge in [0.1, 0.15) is 22.7 Å². The molecule has 5 rings (SSSR count). The van der Waals surface area contributed by atoms with E-state index in [1.807, 2.05) is 24.0 Å². The Labute approximate surface area is 142 Å². The highest BCUT2D eigenvalue weighted by molar-refractivity contribution is 7.16. The molecule has 1 saturated heterocycles. The van der Waals surface area contributed by atoms with Crippen LogP contribution in [0.2, 0.25) is 0 Å². The van der Waals surface area contributed by atoms with Gasteiger partial charge in [-0.05, 0) is 25.0 Å². The molecule has 1 aliphatic heterocycles. The predicted octanol–water partition coefficient (Wildman–Crippen LogP) is 3.52. The molecule has 4 heterocycles. The van der Waals surface area contributed by atoms with Gasteiger partial charge in [-0.1, -0.05) is 0 Å². The molecule has 0 aliphatic carbocycles. The van der Waals surface area contributed by atoms with E-state index in [2.05, 4.69) is 26.0 Å². The van der Waals surface area contributed by atoms with Gasteiger partial charge in [0.25, 0.3) is 0 Å². The first kappa shape index (κ1) is 14.0. The number of thiazole rings is 1. The zero-order valence-electron chi connectivity index (χ0n) is 12.9. The molecule has 6 nitrogen and oxygen atoms in total. The number of imidazole rings is 1. The average molecular weight is 337 g/mol. The quantitative estimate of drug-likeness (QED) is 0.605. The number of rotatable bonds is 2. The van der Waals surface area contributed by atoms with E-state index in [4.69, 9.17) is 9.72 Å². The van der Waals surface area contributed by atoms with E-state index < -0.39 is 0 Å². The van der Waals surface area contributed by atoms with Crippen molar-refractivity contribution in [2.75, 3.05) is 13.2 Å². The van der Waals surface area contributed by atoms with Crippen molar-refractivity contribution >= 4 is 32.6 Å². The van der Waals surface area contributed by atoms with Gasteiger partial charge in [0, 0.05) is 31.5 Å². The minimum atomic E-state index is 0.401. The van der Waals surface area contributed by atoms with Gasteiger partial charge in [0.15, 0.2) is 0 Å². The van der Waals surface area contributed by atoms with Crippen LogP contribution in [-0.2, 0) is 4.74 Å². The summed E-state index contributed by atoms with van der Waals surface area (Å²) in [4.78, 5) is 21.6. The monoisotopic (exact) mass is 337 g/mol. The van der Waals surface area contributed by atoms with Crippen LogP contribution in [0.5, 0.6) is 0 Å². The first-order valence-corrected chi connectivity index (χ1v) is 8.88. The molecule has 0 radical (unpaired) electrons. The first-order chi connectivity index (χ1) is 11.9. The number of nitrogens with one attached hydrogen (secondary N) is 1. The fourth-order valence-electron chi connectivity index (χ4n) is 3.16. The summed E-state index contributed by atoms with van der Waals surface area (Å²) in [6.45, 7) is 1.59. The van der Waals surface area contributed by atoms with E-state index in [1.165, 1.54) is 0 Å². The van der Waals surface area contributed by atoms with Crippen LogP contribution >= 0.6 is 11.3 Å². The largest absolute Gasteiger partial charge is 0.381 e. The Morgan fingerprint density at radius 3 is 2.71 bits per heavy atom. The molecule has 1 N–H and O–H groups in total. The van der Waals surface area contributed by atoms with Crippen LogP contribution < -0.4 is 0 Å². The molecule has 1 fully saturated rings. The minimum Gasteiger partial charge on any atom is -0.381 e. The van der Waals surface area contributed by atoms with Crippen LogP contribution in [0.15, 0.2) is 30.0 Å². The lowest BCUT2D eigenvalue weighted by Gasteiger charge is -2.20. The van der Waals surface area contributed by atoms with Gasteiger partial charge in [0.2, 0.25) is 0 Å². The Kier molecular flexibility index (Phi) is 3.27. The maximum atomic E-state index is 5.40. The fraction of sp³-hybridized carbons (Fsp3) is 0.294. The highest BCUT2D eigenvalue weighted by Crippen LogP contribution is 2.28. The Morgan fingerprint density at radius 1 is 1.04 bits per heavy atom. The number of benzene rings is 1. The fourth-order valence-corrected chi connectivity index (χ4v) is 3.84. The lowest BCUT2D eigenvalue weighted by Crippen LogP contribution is -2.16. The Hall–Kier alpha value is -2.38. The lowest BCUT2D eigenvalue weighted by molar-refractivity contribution is 0.0836. The molecule has 7 heteroatoms. The standard InChI is InChI=1S/C17H15N5OS/c1-2-13-15(20-9-24-13)14-12(1)21-17(22-14)11-7-18-16(19-8-11)10-3-5-23-6-4-10/h1-2,7-10H,3-6H2,(H,21,22). The number of fused-ring (bicyclic) bond motifs is 3. The maximum absolute atomic E-state index is 5.40. The minimum absolute atomic E-state index is 0.401. The number of H-pyrrole nitrogens is 1. The average Bonchev–Trinajstić information content (AvgIpc) is 3.28. The molecule has 0 bridgehead atoms. The van der Waals surface area contributed by atoms with Crippen LogP contribution in [-0.4, -0.2) is 38.1 Å². The third kappa shape index (κ3) is 2.28. The number of hydrogen-bond donors (Lipinski definition) is 1. The molecular formula is C17H15N5OS. The third-order valence-corrected chi connectivity index (χ3v) is 5.28. The molecule has 1 aliphatic rings. The highest BCUT2D eigenvalue weighted by atomic mass is 32.1. The molecule has 0 saturated carbocycles. The van der Waals surface area contributed by atoms with Gasteiger partial charge in [0.05, 0.1) is 21.3 Å². The Balaban J connectivity index is 1.52. The lowest BCUT2D eigenvalue weighted by atomic mass is 9.99. The number of nitrogens with zero attached hydrogens (tertiary/aromatic N) is 4. The summed E-state index contributed by atoms with van der Waals surface area (Å²) in [6, 6.07) is 4.12. The maximum Gasteiger partial charge on any atom is 0.141 e. The van der Waals surface area contributed by atoms with Gasteiger partial charge in [-0.2, -0.15) is 0 Å². The topological polar surface area (TPSA) is 76.6 Å². The van der Waals surface area contributed by atoms with E-state index in [-0.39, 0.29) is 0 Å². The molecule has 4 aromatic rings. The number of aromatic nitrogens is 5. The molecular weight excluding hydrogens is 322 g/mol. The Bertz CT molecular complexity index is 1000. The van der Waals surface area contributed by atoms with Crippen molar-refractivity contribution in [2.45, 2.75) is 18.8 Å². The van der Waals surface area contributed by atoms with Crippen molar-refractivity contribution in [2.24, 2.45) is 0 Å². The molecule has 120 valence electrons. The zero-order chi connectivity index (χ0) is 15.9. The molecule has 24 heavy (non-hydrogen) atoms. The van der Waals surface area contributed by atoms with E-state index >= 15 is 0 Å². The molecule has 0 amide bonds. The van der Waals surface area contributed by atoms with Gasteiger partial charge in [-0.15, -0.1) is 11.3 Å². The zero-order valence-corrected chi connectivity index (χ0v) is 13.7. The molecule has 1 aromatic carbocycles. The van der Waals surface area contributed by atoms with Gasteiger partial charge >= 0.3 is 0 Å². The summed E-state index contributed by atoms with van der Waals surface area (Å²) >= 11 is 1.63. The second-order valence-corrected chi connectivity index (χ2v) is 6.85. The van der Waals surface area contributed by atoms with Crippen molar-refractivity contribution < 1.29 is 4.74 Å². The number of ether oxygens (including phenoxy) is 1. The predicted molar refractivity (Wildman–Crippen MR) is 93.1 cm³/mol. The summed E-state index contributed by atoms with van der Waals surface area (Å²) < 4.78 is 6.55. The second-order valence-electron chi connectivity index (χ2n) is 5.96. The summed E-state index contributed by atoms with van der Waals surface area (Å²) in [5.74, 6) is 2.09. The normalized spacial score (nSPS) is 16.2. The molecule has 3 aromatic heterocycles. The van der Waals surface area contributed by atoms with Crippen molar-refractivity contribution in [1.29, 1.82) is 0 Å². The summed E-state index contributed by atoms with van der Waals surface area (Å²) in [5, 5.41) is 0. The van der Waals surface area contributed by atoms with Crippen molar-refractivity contribution in [3.8, 4) is 11.4 Å². The van der Waals surface area contributed by atoms with Gasteiger partial charge in [-0.25, -0.2) is 19.9 Å². The number of hydrogen-bond acceptors (Lipinski definition) is 6. The van der Waals surface area contributed by atoms with Crippen LogP contribution in [0.25, 0.3) is 32.6 Å². The van der Waals surface area contributed by atoms with Crippen LogP contribution in [0.1, 0.15) is 24.6 Å². The van der Waals surface area contributed by atoms with Crippen molar-refractivity contribution in [3.05, 3.63) is 35.9 Å². The first-order valence-electron chi connectivity index (χ1n) is 8.00.